The molecular formula is C18H25FN4O3S2. The number of benzene rings is 1. The van der Waals surface area contributed by atoms with E-state index in [1.165, 1.54) is 27.8 Å². The minimum absolute atomic E-state index is 0.175. The van der Waals surface area contributed by atoms with Crippen LogP contribution in [0.4, 0.5) is 9.52 Å². The fourth-order valence-electron chi connectivity index (χ4n) is 3.14. The Hall–Kier alpha value is -1.62. The molecule has 0 bridgehead atoms. The molecule has 0 saturated carbocycles. The highest BCUT2D eigenvalue weighted by Crippen LogP contribution is 2.26. The Morgan fingerprint density at radius 2 is 2.00 bits per heavy atom. The first-order valence-electron chi connectivity index (χ1n) is 9.43. The maximum Gasteiger partial charge on any atom is 0.240 e. The van der Waals surface area contributed by atoms with Crippen molar-refractivity contribution in [1.29, 1.82) is 0 Å². The van der Waals surface area contributed by atoms with E-state index in [1.807, 2.05) is 11.8 Å². The number of carbonyl (C=O) groups excluding carboxylic acids is 1. The Bertz CT molecular complexity index is 924. The van der Waals surface area contributed by atoms with Crippen molar-refractivity contribution in [1.82, 2.24) is 14.2 Å². The lowest BCUT2D eigenvalue weighted by Crippen LogP contribution is -2.50. The molecule has 2 aromatic rings. The minimum Gasteiger partial charge on any atom is -0.301 e. The van der Waals surface area contributed by atoms with Gasteiger partial charge in [-0.25, -0.2) is 17.8 Å². The highest BCUT2D eigenvalue weighted by Gasteiger charge is 2.27. The SMILES string of the molecule is CCCCCS(=O)(=O)N1CCN(CC(=O)Nc2nc3ccc(F)cc3s2)CC1. The number of halogens is 1. The zero-order chi connectivity index (χ0) is 20.1. The normalized spacial score (nSPS) is 16.5. The monoisotopic (exact) mass is 428 g/mol. The van der Waals surface area contributed by atoms with Crippen molar-refractivity contribution in [2.24, 2.45) is 0 Å². The molecule has 28 heavy (non-hydrogen) atoms. The van der Waals surface area contributed by atoms with Gasteiger partial charge in [0.25, 0.3) is 0 Å². The fraction of sp³-hybridized carbons (Fsp3) is 0.556. The van der Waals surface area contributed by atoms with Crippen molar-refractivity contribution >= 4 is 42.6 Å². The predicted molar refractivity (Wildman–Crippen MR) is 110 cm³/mol. The number of fused-ring (bicyclic) bond motifs is 1. The first kappa shape index (κ1) is 21.1. The van der Waals surface area contributed by atoms with Crippen LogP contribution in [0, 0.1) is 5.82 Å². The van der Waals surface area contributed by atoms with Gasteiger partial charge in [-0.3, -0.25) is 9.69 Å². The molecule has 1 saturated heterocycles. The van der Waals surface area contributed by atoms with Gasteiger partial charge in [-0.1, -0.05) is 31.1 Å². The number of amides is 1. The Morgan fingerprint density at radius 3 is 2.71 bits per heavy atom. The fourth-order valence-corrected chi connectivity index (χ4v) is 5.60. The highest BCUT2D eigenvalue weighted by atomic mass is 32.2. The quantitative estimate of drug-likeness (QED) is 0.654. The van der Waals surface area contributed by atoms with Gasteiger partial charge >= 0.3 is 0 Å². The molecule has 0 aliphatic carbocycles. The van der Waals surface area contributed by atoms with Gasteiger partial charge in [-0.05, 0) is 24.6 Å². The van der Waals surface area contributed by atoms with Crippen molar-refractivity contribution in [3.63, 3.8) is 0 Å². The van der Waals surface area contributed by atoms with Crippen molar-refractivity contribution in [3.05, 3.63) is 24.0 Å². The maximum atomic E-state index is 13.3. The number of hydrogen-bond acceptors (Lipinski definition) is 6. The smallest absolute Gasteiger partial charge is 0.240 e. The second kappa shape index (κ2) is 9.25. The molecule has 1 aliphatic heterocycles. The number of hydrogen-bond donors (Lipinski definition) is 1. The maximum absolute atomic E-state index is 13.3. The summed E-state index contributed by atoms with van der Waals surface area (Å²) in [6.07, 6.45) is 2.59. The molecule has 10 heteroatoms. The third-order valence-electron chi connectivity index (χ3n) is 4.69. The summed E-state index contributed by atoms with van der Waals surface area (Å²) < 4.78 is 40.1. The average Bonchev–Trinajstić information content (AvgIpc) is 3.03. The van der Waals surface area contributed by atoms with Crippen LogP contribution in [0.15, 0.2) is 18.2 Å². The van der Waals surface area contributed by atoms with Crippen LogP contribution in [-0.2, 0) is 14.8 Å². The van der Waals surface area contributed by atoms with E-state index in [1.54, 1.807) is 6.07 Å². The van der Waals surface area contributed by atoms with Crippen molar-refractivity contribution in [3.8, 4) is 0 Å². The number of carbonyl (C=O) groups is 1. The summed E-state index contributed by atoms with van der Waals surface area (Å²) in [5.74, 6) is -0.352. The predicted octanol–water partition coefficient (Wildman–Crippen LogP) is 2.51. The van der Waals surface area contributed by atoms with Crippen LogP contribution in [-0.4, -0.2) is 67.0 Å². The molecule has 0 unspecified atom stereocenters. The molecule has 1 N–H and O–H groups in total. The summed E-state index contributed by atoms with van der Waals surface area (Å²) in [4.78, 5) is 18.5. The van der Waals surface area contributed by atoms with Crippen LogP contribution in [0.3, 0.4) is 0 Å². The zero-order valence-corrected chi connectivity index (χ0v) is 17.5. The lowest BCUT2D eigenvalue weighted by Gasteiger charge is -2.33. The second-order valence-electron chi connectivity index (χ2n) is 6.88. The number of nitrogens with one attached hydrogen (secondary N) is 1. The highest BCUT2D eigenvalue weighted by molar-refractivity contribution is 7.89. The van der Waals surface area contributed by atoms with E-state index in [0.717, 1.165) is 12.8 Å². The number of thiazole rings is 1. The van der Waals surface area contributed by atoms with Crippen molar-refractivity contribution < 1.29 is 17.6 Å². The second-order valence-corrected chi connectivity index (χ2v) is 10.00. The third kappa shape index (κ3) is 5.47. The summed E-state index contributed by atoms with van der Waals surface area (Å²) in [6.45, 7) is 4.07. The van der Waals surface area contributed by atoms with Crippen LogP contribution in [0.1, 0.15) is 26.2 Å². The Morgan fingerprint density at radius 1 is 1.25 bits per heavy atom. The van der Waals surface area contributed by atoms with Crippen LogP contribution < -0.4 is 5.32 Å². The Balaban J connectivity index is 1.48. The molecule has 0 spiro atoms. The third-order valence-corrected chi connectivity index (χ3v) is 7.58. The number of nitrogens with zero attached hydrogens (tertiary/aromatic N) is 3. The van der Waals surface area contributed by atoms with E-state index in [4.69, 9.17) is 0 Å². The molecule has 0 atom stereocenters. The van der Waals surface area contributed by atoms with Crippen LogP contribution >= 0.6 is 11.3 Å². The molecule has 154 valence electrons. The average molecular weight is 429 g/mol. The van der Waals surface area contributed by atoms with E-state index >= 15 is 0 Å². The van der Waals surface area contributed by atoms with Gasteiger partial charge in [0.15, 0.2) is 5.13 Å². The van der Waals surface area contributed by atoms with Crippen molar-refractivity contribution in [2.45, 2.75) is 26.2 Å². The Kier molecular flexibility index (Phi) is 6.97. The number of unbranched alkanes of at least 4 members (excludes halogenated alkanes) is 2. The van der Waals surface area contributed by atoms with Crippen LogP contribution in [0.2, 0.25) is 0 Å². The molecule has 1 aliphatic rings. The molecule has 0 radical (unpaired) electrons. The number of sulfonamides is 1. The molecular weight excluding hydrogens is 403 g/mol. The molecule has 3 rings (SSSR count). The van der Waals surface area contributed by atoms with Gasteiger partial charge in [-0.2, -0.15) is 4.31 Å². The van der Waals surface area contributed by atoms with Gasteiger partial charge in [0.2, 0.25) is 15.9 Å². The summed E-state index contributed by atoms with van der Waals surface area (Å²) in [6, 6.07) is 4.31. The number of anilines is 1. The van der Waals surface area contributed by atoms with E-state index < -0.39 is 10.0 Å². The zero-order valence-electron chi connectivity index (χ0n) is 15.9. The number of aromatic nitrogens is 1. The molecule has 1 aromatic heterocycles. The van der Waals surface area contributed by atoms with E-state index in [2.05, 4.69) is 10.3 Å². The van der Waals surface area contributed by atoms with Crippen LogP contribution in [0.25, 0.3) is 10.2 Å². The largest absolute Gasteiger partial charge is 0.301 e. The molecule has 2 heterocycles. The topological polar surface area (TPSA) is 82.6 Å². The van der Waals surface area contributed by atoms with E-state index in [0.29, 0.717) is 47.9 Å². The number of rotatable bonds is 8. The number of piperazine rings is 1. The van der Waals surface area contributed by atoms with Gasteiger partial charge < -0.3 is 5.32 Å². The molecule has 7 nitrogen and oxygen atoms in total. The first-order valence-corrected chi connectivity index (χ1v) is 11.9. The summed E-state index contributed by atoms with van der Waals surface area (Å²) in [7, 11) is -3.21. The van der Waals surface area contributed by atoms with Crippen molar-refractivity contribution in [2.75, 3.05) is 43.8 Å². The summed E-state index contributed by atoms with van der Waals surface area (Å²) in [5, 5.41) is 3.18. The molecule has 1 amide bonds. The van der Waals surface area contributed by atoms with Gasteiger partial charge in [0, 0.05) is 26.2 Å². The van der Waals surface area contributed by atoms with E-state index in [-0.39, 0.29) is 24.0 Å². The van der Waals surface area contributed by atoms with E-state index in [9.17, 15) is 17.6 Å². The Labute approximate surface area is 168 Å². The van der Waals surface area contributed by atoms with Gasteiger partial charge in [0.05, 0.1) is 22.5 Å². The summed E-state index contributed by atoms with van der Waals surface area (Å²) >= 11 is 1.23. The van der Waals surface area contributed by atoms with Crippen LogP contribution in [0.5, 0.6) is 0 Å². The summed E-state index contributed by atoms with van der Waals surface area (Å²) in [5.41, 5.74) is 0.642. The molecule has 1 aromatic carbocycles. The van der Waals surface area contributed by atoms with Gasteiger partial charge in [0.1, 0.15) is 5.82 Å². The lowest BCUT2D eigenvalue weighted by atomic mass is 10.3. The standard InChI is InChI=1S/C18H25FN4O3S2/c1-2-3-4-11-28(25,26)23-9-7-22(8-10-23)13-17(24)21-18-20-15-6-5-14(19)12-16(15)27-18/h5-6,12H,2-4,7-11,13H2,1H3,(H,20,21,24). The minimum atomic E-state index is -3.21. The first-order chi connectivity index (χ1) is 13.4. The molecule has 1 fully saturated rings. The lowest BCUT2D eigenvalue weighted by molar-refractivity contribution is -0.117. The van der Waals surface area contributed by atoms with Gasteiger partial charge in [-0.15, -0.1) is 0 Å².